The van der Waals surface area contributed by atoms with E-state index >= 15 is 0 Å². The topological polar surface area (TPSA) is 266 Å². The number of carbonyl (C=O) groups is 7. The van der Waals surface area contributed by atoms with Gasteiger partial charge in [0.1, 0.15) is 29.6 Å². The molecule has 5 unspecified atom stereocenters. The number of amides is 6. The number of aliphatic hydroxyl groups excluding tert-OH is 1. The number of aromatic nitrogens is 5. The van der Waals surface area contributed by atoms with Crippen LogP contribution in [0.5, 0.6) is 0 Å². The second-order valence-electron chi connectivity index (χ2n) is 23.7. The summed E-state index contributed by atoms with van der Waals surface area (Å²) in [6.45, 7) is 11.4. The number of fused-ring (bicyclic) bond motifs is 6. The van der Waals surface area contributed by atoms with Crippen LogP contribution in [0.15, 0.2) is 67.3 Å². The van der Waals surface area contributed by atoms with E-state index in [1.54, 1.807) is 15.8 Å². The van der Waals surface area contributed by atoms with Gasteiger partial charge in [0.05, 0.1) is 48.9 Å². The van der Waals surface area contributed by atoms with Gasteiger partial charge < -0.3 is 40.0 Å². The zero-order valence-corrected chi connectivity index (χ0v) is 47.2. The number of ether oxygens (including phenoxy) is 1. The summed E-state index contributed by atoms with van der Waals surface area (Å²) >= 11 is 0. The standard InChI is InChI=1S/C58H81BN10O11/c1-39(2)32-46(64-52(74)44(33-40-16-9-6-10-17-40)63-53(75)45-35-60-25-26-61-45)59-79-57(5)24-15-23-56(3,4)58(57,80-59)38-78-49(73)19-12-8-13-28-68-37-43(65-66-68)36-67(30-22-47(71)62-27-31-70)48(72)18-11-7-14-29-69-54(76)50-41-20-21-42(34-41)51(50)55(69)77/h6,9-10,16-17,20-21,25-26,35,37,39,41-42,44,46,50-51,70H,7-8,11-15,18-19,22-24,27-34,36,38H2,1-5H3,(H,62,71)(H,63,75)(H,64,74)/t41?,42?,44-,46?,50?,51?,57-,58+/m0/s1. The van der Waals surface area contributed by atoms with Gasteiger partial charge in [-0.05, 0) is 93.4 Å². The molecule has 4 fully saturated rings. The Balaban J connectivity index is 0.805. The van der Waals surface area contributed by atoms with Gasteiger partial charge in [0.2, 0.25) is 29.5 Å². The zero-order valence-electron chi connectivity index (χ0n) is 47.2. The minimum absolute atomic E-state index is 0.0315. The summed E-state index contributed by atoms with van der Waals surface area (Å²) in [4.78, 5) is 105. The summed E-state index contributed by atoms with van der Waals surface area (Å²) in [5.41, 5.74) is -0.852. The fourth-order valence-corrected chi connectivity index (χ4v) is 12.8. The normalized spacial score (nSPS) is 24.1. The molecule has 432 valence electrons. The summed E-state index contributed by atoms with van der Waals surface area (Å²) in [5, 5.41) is 26.5. The summed E-state index contributed by atoms with van der Waals surface area (Å²) < 4.78 is 21.8. The van der Waals surface area contributed by atoms with Gasteiger partial charge in [0.25, 0.3) is 5.91 Å². The molecule has 2 aliphatic heterocycles. The number of likely N-dealkylation sites (tertiary alicyclic amines) is 1. The second kappa shape index (κ2) is 26.9. The molecule has 6 amide bonds. The van der Waals surface area contributed by atoms with Crippen molar-refractivity contribution in [2.75, 3.05) is 32.8 Å². The highest BCUT2D eigenvalue weighted by molar-refractivity contribution is 6.48. The van der Waals surface area contributed by atoms with Gasteiger partial charge >= 0.3 is 13.1 Å². The van der Waals surface area contributed by atoms with E-state index in [0.717, 1.165) is 24.8 Å². The fraction of sp³-hybridized carbons (Fsp3) is 0.638. The third-order valence-corrected chi connectivity index (χ3v) is 17.1. The summed E-state index contributed by atoms with van der Waals surface area (Å²) in [6.07, 6.45) is 18.4. The molecule has 8 rings (SSSR count). The smallest absolute Gasteiger partial charge is 0.463 e. The van der Waals surface area contributed by atoms with Crippen molar-refractivity contribution in [3.63, 3.8) is 0 Å². The van der Waals surface area contributed by atoms with E-state index in [0.29, 0.717) is 70.2 Å². The monoisotopic (exact) mass is 1100 g/mol. The third-order valence-electron chi connectivity index (χ3n) is 17.1. The Kier molecular flexibility index (Phi) is 20.1. The van der Waals surface area contributed by atoms with Crippen LogP contribution in [0.3, 0.4) is 0 Å². The SMILES string of the molecule is CC(C)CC(NC(=O)[C@H](Cc1ccccc1)NC(=O)c1cnccn1)B1O[C@@]2(C)CCCC(C)(C)[C@@]2(COC(=O)CCCCCn2cc(CN(CCC(=O)NCCO)C(=O)CCCCCN3C(=O)C4C5C=CC(C5)C4C3=O)nn2)O1. The first-order valence-electron chi connectivity index (χ1n) is 28.9. The Morgan fingerprint density at radius 2 is 1.61 bits per heavy atom. The maximum absolute atomic E-state index is 14.4. The molecule has 22 heteroatoms. The van der Waals surface area contributed by atoms with Crippen molar-refractivity contribution in [2.24, 2.45) is 35.0 Å². The largest absolute Gasteiger partial charge is 0.482 e. The summed E-state index contributed by atoms with van der Waals surface area (Å²) in [7, 11) is -0.877. The fourth-order valence-electron chi connectivity index (χ4n) is 12.8. The van der Waals surface area contributed by atoms with Crippen molar-refractivity contribution < 1.29 is 52.7 Å². The number of benzene rings is 1. The predicted octanol–water partition coefficient (Wildman–Crippen LogP) is 4.72. The molecule has 21 nitrogen and oxygen atoms in total. The van der Waals surface area contributed by atoms with Crippen molar-refractivity contribution in [1.29, 1.82) is 0 Å². The molecule has 0 radical (unpaired) electrons. The number of esters is 1. The average Bonchev–Trinajstić information content (AvgIpc) is 4.39. The highest BCUT2D eigenvalue weighted by atomic mass is 16.7. The summed E-state index contributed by atoms with van der Waals surface area (Å²) in [5.74, 6) is -2.43. The van der Waals surface area contributed by atoms with E-state index in [1.807, 2.05) is 37.3 Å². The minimum Gasteiger partial charge on any atom is -0.463 e. The lowest BCUT2D eigenvalue weighted by atomic mass is 9.59. The molecule has 8 atom stereocenters. The second-order valence-corrected chi connectivity index (χ2v) is 23.7. The van der Waals surface area contributed by atoms with Crippen molar-refractivity contribution in [2.45, 2.75) is 167 Å². The molecule has 4 N–H and O–H groups in total. The number of imide groups is 1. The van der Waals surface area contributed by atoms with Gasteiger partial charge in [-0.2, -0.15) is 0 Å². The quantitative estimate of drug-likeness (QED) is 0.0231. The molecule has 2 saturated carbocycles. The van der Waals surface area contributed by atoms with Crippen LogP contribution in [0.1, 0.15) is 146 Å². The molecule has 3 aliphatic carbocycles. The van der Waals surface area contributed by atoms with Crippen LogP contribution < -0.4 is 16.0 Å². The van der Waals surface area contributed by atoms with Gasteiger partial charge in [0.15, 0.2) is 0 Å². The molecule has 2 aromatic heterocycles. The number of nitrogens with one attached hydrogen (secondary N) is 3. The average molecular weight is 1110 g/mol. The van der Waals surface area contributed by atoms with E-state index in [1.165, 1.54) is 23.5 Å². The molecular formula is C58H81BN10O11. The molecule has 3 aromatic rings. The number of hydrogen-bond acceptors (Lipinski definition) is 15. The van der Waals surface area contributed by atoms with E-state index in [9.17, 15) is 33.6 Å². The van der Waals surface area contributed by atoms with Crippen LogP contribution in [0, 0.1) is 35.0 Å². The Labute approximate surface area is 469 Å². The maximum atomic E-state index is 14.4. The number of allylic oxidation sites excluding steroid dienone is 2. The first-order chi connectivity index (χ1) is 38.4. The van der Waals surface area contributed by atoms with E-state index in [-0.39, 0.29) is 123 Å². The third kappa shape index (κ3) is 14.2. The minimum atomic E-state index is -1.03. The van der Waals surface area contributed by atoms with Gasteiger partial charge in [-0.25, -0.2) is 4.98 Å². The molecule has 80 heavy (non-hydrogen) atoms. The van der Waals surface area contributed by atoms with Crippen molar-refractivity contribution >= 4 is 48.5 Å². The molecule has 5 aliphatic rings. The first kappa shape index (κ1) is 59.7. The van der Waals surface area contributed by atoms with Crippen LogP contribution in [0.4, 0.5) is 0 Å². The predicted molar refractivity (Wildman–Crippen MR) is 294 cm³/mol. The number of carbonyl (C=O) groups excluding carboxylic acids is 7. The van der Waals surface area contributed by atoms with Gasteiger partial charge in [-0.15, -0.1) is 5.10 Å². The van der Waals surface area contributed by atoms with Gasteiger partial charge in [-0.3, -0.25) is 48.1 Å². The lowest BCUT2D eigenvalue weighted by molar-refractivity contribution is -0.187. The van der Waals surface area contributed by atoms with Crippen LogP contribution in [0.25, 0.3) is 0 Å². The number of rotatable bonds is 30. The number of hydrogen-bond donors (Lipinski definition) is 4. The van der Waals surface area contributed by atoms with Crippen molar-refractivity contribution in [3.8, 4) is 0 Å². The Morgan fingerprint density at radius 1 is 0.887 bits per heavy atom. The lowest BCUT2D eigenvalue weighted by Crippen LogP contribution is -2.64. The van der Waals surface area contributed by atoms with Crippen molar-refractivity contribution in [3.05, 3.63) is 84.2 Å². The lowest BCUT2D eigenvalue weighted by Gasteiger charge is -2.55. The van der Waals surface area contributed by atoms with Crippen LogP contribution in [-0.4, -0.2) is 144 Å². The molecule has 4 heterocycles. The molecular weight excluding hydrogens is 1020 g/mol. The molecule has 0 spiro atoms. The number of aliphatic hydroxyl groups is 1. The summed E-state index contributed by atoms with van der Waals surface area (Å²) in [6, 6.07) is 8.50. The first-order valence-corrected chi connectivity index (χ1v) is 28.9. The molecule has 2 saturated heterocycles. The van der Waals surface area contributed by atoms with E-state index in [2.05, 4.69) is 76.1 Å². The number of unbranched alkanes of at least 4 members (excludes halogenated alkanes) is 4. The Hall–Kier alpha value is -6.39. The van der Waals surface area contributed by atoms with Crippen LogP contribution in [-0.2, 0) is 62.3 Å². The molecule has 2 bridgehead atoms. The Morgan fingerprint density at radius 3 is 2.31 bits per heavy atom. The highest BCUT2D eigenvalue weighted by Gasteiger charge is 2.69. The van der Waals surface area contributed by atoms with Crippen LogP contribution >= 0.6 is 0 Å². The molecule has 1 aromatic carbocycles. The van der Waals surface area contributed by atoms with Gasteiger partial charge in [-0.1, -0.05) is 88.2 Å². The zero-order chi connectivity index (χ0) is 57.0. The number of aryl methyl sites for hydroxylation is 1. The van der Waals surface area contributed by atoms with Gasteiger partial charge in [0, 0.05) is 64.3 Å². The van der Waals surface area contributed by atoms with Crippen molar-refractivity contribution in [1.82, 2.24) is 50.7 Å². The van der Waals surface area contributed by atoms with Crippen LogP contribution in [0.2, 0.25) is 0 Å². The number of nitrogens with zero attached hydrogens (tertiary/aromatic N) is 7. The Bertz CT molecular complexity index is 2650. The maximum Gasteiger partial charge on any atom is 0.482 e. The van der Waals surface area contributed by atoms with E-state index in [4.69, 9.17) is 19.2 Å². The highest BCUT2D eigenvalue weighted by Crippen LogP contribution is 2.57. The van der Waals surface area contributed by atoms with E-state index < -0.39 is 47.5 Å².